The molecule has 1 fully saturated rings. The van der Waals surface area contributed by atoms with Crippen molar-refractivity contribution >= 4 is 27.1 Å². The number of rotatable bonds is 5. The molecule has 1 aliphatic rings. The SMILES string of the molecule is CC(C)[C@H]1CC[C@@H](C)C/C1=N/Nc1ccc(S(N)(=O)=O)cc1[N+](=O)[O-]. The Morgan fingerprint density at radius 3 is 2.60 bits per heavy atom. The van der Waals surface area contributed by atoms with E-state index in [1.807, 2.05) is 0 Å². The summed E-state index contributed by atoms with van der Waals surface area (Å²) in [5.41, 5.74) is 3.53. The van der Waals surface area contributed by atoms with Crippen molar-refractivity contribution in [1.29, 1.82) is 0 Å². The van der Waals surface area contributed by atoms with E-state index in [0.717, 1.165) is 31.0 Å². The molecule has 0 bridgehead atoms. The van der Waals surface area contributed by atoms with Crippen LogP contribution >= 0.6 is 0 Å². The van der Waals surface area contributed by atoms with E-state index in [-0.39, 0.29) is 16.3 Å². The number of nitro benzene ring substituents is 1. The molecule has 0 spiro atoms. The van der Waals surface area contributed by atoms with Crippen molar-refractivity contribution in [2.24, 2.45) is 28.0 Å². The number of anilines is 1. The lowest BCUT2D eigenvalue weighted by atomic mass is 9.76. The fourth-order valence-electron chi connectivity index (χ4n) is 3.15. The highest BCUT2D eigenvalue weighted by Gasteiger charge is 2.27. The summed E-state index contributed by atoms with van der Waals surface area (Å²) >= 11 is 0. The van der Waals surface area contributed by atoms with Crippen molar-refractivity contribution < 1.29 is 13.3 Å². The molecule has 0 saturated heterocycles. The van der Waals surface area contributed by atoms with Gasteiger partial charge in [0.2, 0.25) is 10.0 Å². The summed E-state index contributed by atoms with van der Waals surface area (Å²) < 4.78 is 22.8. The van der Waals surface area contributed by atoms with E-state index in [2.05, 4.69) is 31.3 Å². The van der Waals surface area contributed by atoms with Gasteiger partial charge in [0.15, 0.2) is 0 Å². The second kappa shape index (κ2) is 7.49. The molecule has 138 valence electrons. The molecular weight excluding hydrogens is 344 g/mol. The maximum absolute atomic E-state index is 11.4. The zero-order chi connectivity index (χ0) is 18.8. The number of hydrazone groups is 1. The molecule has 0 aromatic heterocycles. The molecule has 2 rings (SSSR count). The van der Waals surface area contributed by atoms with E-state index < -0.39 is 14.9 Å². The van der Waals surface area contributed by atoms with Crippen molar-refractivity contribution in [2.45, 2.75) is 44.9 Å². The molecule has 25 heavy (non-hydrogen) atoms. The summed E-state index contributed by atoms with van der Waals surface area (Å²) in [7, 11) is -4.01. The maximum atomic E-state index is 11.4. The Morgan fingerprint density at radius 1 is 1.36 bits per heavy atom. The average molecular weight is 368 g/mol. The minimum absolute atomic E-state index is 0.144. The fraction of sp³-hybridized carbons (Fsp3) is 0.562. The summed E-state index contributed by atoms with van der Waals surface area (Å²) in [4.78, 5) is 10.3. The zero-order valence-electron chi connectivity index (χ0n) is 14.6. The first-order valence-corrected chi connectivity index (χ1v) is 9.78. The van der Waals surface area contributed by atoms with Gasteiger partial charge in [0.05, 0.1) is 9.82 Å². The number of nitro groups is 1. The number of hydrogen-bond acceptors (Lipinski definition) is 6. The smallest absolute Gasteiger partial charge is 0.272 e. The monoisotopic (exact) mass is 368 g/mol. The summed E-state index contributed by atoms with van der Waals surface area (Å²) in [6.07, 6.45) is 3.04. The number of nitrogens with one attached hydrogen (secondary N) is 1. The first-order valence-electron chi connectivity index (χ1n) is 8.23. The lowest BCUT2D eigenvalue weighted by Gasteiger charge is -2.30. The summed E-state index contributed by atoms with van der Waals surface area (Å²) in [6.45, 7) is 6.44. The van der Waals surface area contributed by atoms with Gasteiger partial charge >= 0.3 is 0 Å². The fourth-order valence-corrected chi connectivity index (χ4v) is 3.69. The van der Waals surface area contributed by atoms with Crippen molar-refractivity contribution in [3.63, 3.8) is 0 Å². The van der Waals surface area contributed by atoms with Crippen molar-refractivity contribution in [1.82, 2.24) is 0 Å². The Hall–Kier alpha value is -2.00. The molecule has 0 aliphatic heterocycles. The third kappa shape index (κ3) is 4.76. The molecule has 1 aromatic carbocycles. The number of nitrogens with zero attached hydrogens (tertiary/aromatic N) is 2. The first kappa shape index (κ1) is 19.3. The van der Waals surface area contributed by atoms with Crippen LogP contribution in [0.15, 0.2) is 28.2 Å². The van der Waals surface area contributed by atoms with Gasteiger partial charge in [-0.15, -0.1) is 0 Å². The molecule has 1 aromatic rings. The van der Waals surface area contributed by atoms with Crippen LogP contribution in [-0.2, 0) is 10.0 Å². The number of benzene rings is 1. The Morgan fingerprint density at radius 2 is 2.04 bits per heavy atom. The second-order valence-electron chi connectivity index (χ2n) is 6.93. The number of nitrogens with two attached hydrogens (primary N) is 1. The van der Waals surface area contributed by atoms with E-state index in [1.165, 1.54) is 12.1 Å². The van der Waals surface area contributed by atoms with Crippen LogP contribution in [0.1, 0.15) is 40.0 Å². The topological polar surface area (TPSA) is 128 Å². The normalized spacial score (nSPS) is 23.0. The predicted octanol–water partition coefficient (Wildman–Crippen LogP) is 3.10. The van der Waals surface area contributed by atoms with Crippen molar-refractivity contribution in [2.75, 3.05) is 5.43 Å². The van der Waals surface area contributed by atoms with Gasteiger partial charge in [-0.1, -0.05) is 20.8 Å². The zero-order valence-corrected chi connectivity index (χ0v) is 15.4. The molecule has 0 heterocycles. The van der Waals surface area contributed by atoms with Gasteiger partial charge in [0.1, 0.15) is 5.69 Å². The molecule has 0 radical (unpaired) electrons. The van der Waals surface area contributed by atoms with Crippen LogP contribution in [0.25, 0.3) is 0 Å². The van der Waals surface area contributed by atoms with E-state index in [0.29, 0.717) is 17.8 Å². The van der Waals surface area contributed by atoms with Gasteiger partial charge < -0.3 is 0 Å². The van der Waals surface area contributed by atoms with Crippen LogP contribution in [0.4, 0.5) is 11.4 Å². The van der Waals surface area contributed by atoms with Crippen molar-refractivity contribution in [3.8, 4) is 0 Å². The quantitative estimate of drug-likeness (QED) is 0.609. The van der Waals surface area contributed by atoms with Crippen LogP contribution in [0.3, 0.4) is 0 Å². The summed E-state index contributed by atoms with van der Waals surface area (Å²) in [6, 6.07) is 3.49. The Bertz CT molecular complexity index is 789. The second-order valence-corrected chi connectivity index (χ2v) is 8.49. The molecule has 3 N–H and O–H groups in total. The van der Waals surface area contributed by atoms with E-state index in [9.17, 15) is 18.5 Å². The van der Waals surface area contributed by atoms with Crippen molar-refractivity contribution in [3.05, 3.63) is 28.3 Å². The van der Waals surface area contributed by atoms with Crippen LogP contribution in [0.5, 0.6) is 0 Å². The third-order valence-electron chi connectivity index (χ3n) is 4.58. The lowest BCUT2D eigenvalue weighted by molar-refractivity contribution is -0.384. The highest BCUT2D eigenvalue weighted by molar-refractivity contribution is 7.89. The minimum Gasteiger partial charge on any atom is -0.272 e. The maximum Gasteiger partial charge on any atom is 0.295 e. The van der Waals surface area contributed by atoms with Gasteiger partial charge in [0.25, 0.3) is 5.69 Å². The highest BCUT2D eigenvalue weighted by atomic mass is 32.2. The van der Waals surface area contributed by atoms with Gasteiger partial charge in [-0.25, -0.2) is 13.6 Å². The third-order valence-corrected chi connectivity index (χ3v) is 5.49. The number of hydrogen-bond donors (Lipinski definition) is 2. The van der Waals surface area contributed by atoms with Gasteiger partial charge in [-0.2, -0.15) is 5.10 Å². The van der Waals surface area contributed by atoms with E-state index in [1.54, 1.807) is 0 Å². The Kier molecular flexibility index (Phi) is 5.79. The molecule has 9 heteroatoms. The first-order chi connectivity index (χ1) is 11.6. The van der Waals surface area contributed by atoms with Gasteiger partial charge in [-0.05, 0) is 43.2 Å². The van der Waals surface area contributed by atoms with E-state index >= 15 is 0 Å². The van der Waals surface area contributed by atoms with Crippen LogP contribution in [0.2, 0.25) is 0 Å². The van der Waals surface area contributed by atoms with Crippen LogP contribution in [0, 0.1) is 27.9 Å². The molecule has 8 nitrogen and oxygen atoms in total. The van der Waals surface area contributed by atoms with Crippen LogP contribution < -0.4 is 10.6 Å². The number of sulfonamides is 1. The Labute approximate surface area is 147 Å². The highest BCUT2D eigenvalue weighted by Crippen LogP contribution is 2.32. The van der Waals surface area contributed by atoms with Crippen LogP contribution in [-0.4, -0.2) is 19.1 Å². The lowest BCUT2D eigenvalue weighted by Crippen LogP contribution is -2.28. The van der Waals surface area contributed by atoms with Gasteiger partial charge in [0, 0.05) is 17.7 Å². The molecule has 1 saturated carbocycles. The standard InChI is InChI=1S/C16H24N4O4S/c1-10(2)13-6-4-11(3)8-15(13)19-18-14-7-5-12(25(17,23)24)9-16(14)20(21)22/h5,7,9-11,13,18H,4,6,8H2,1-3H3,(H2,17,23,24)/b19-15-/t11-,13-/m1/s1. The summed E-state index contributed by atoms with van der Waals surface area (Å²) in [5, 5.41) is 20.7. The molecule has 0 amide bonds. The summed E-state index contributed by atoms with van der Waals surface area (Å²) in [5.74, 6) is 1.30. The molecule has 1 aliphatic carbocycles. The molecule has 0 unspecified atom stereocenters. The Balaban J connectivity index is 2.34. The molecule has 2 atom stereocenters. The minimum atomic E-state index is -4.01. The average Bonchev–Trinajstić information content (AvgIpc) is 2.51. The predicted molar refractivity (Wildman–Crippen MR) is 96.9 cm³/mol. The largest absolute Gasteiger partial charge is 0.295 e. The molecular formula is C16H24N4O4S. The van der Waals surface area contributed by atoms with E-state index in [4.69, 9.17) is 5.14 Å². The number of primary sulfonamides is 1. The van der Waals surface area contributed by atoms with Gasteiger partial charge in [-0.3, -0.25) is 15.5 Å².